The maximum atomic E-state index is 14.0. The van der Waals surface area contributed by atoms with Gasteiger partial charge in [-0.2, -0.15) is 18.4 Å². The third kappa shape index (κ3) is 6.44. The Bertz CT molecular complexity index is 989. The average Bonchev–Trinajstić information content (AvgIpc) is 2.78. The first-order valence-electron chi connectivity index (χ1n) is 10.3. The number of nitrogens with one attached hydrogen (secondary N) is 2. The van der Waals surface area contributed by atoms with Gasteiger partial charge in [0.25, 0.3) is 0 Å². The van der Waals surface area contributed by atoms with Gasteiger partial charge in [0.1, 0.15) is 5.82 Å². The molecule has 0 unspecified atom stereocenters. The van der Waals surface area contributed by atoms with Crippen molar-refractivity contribution in [1.29, 1.82) is 5.26 Å². The molecule has 170 valence electrons. The Hall–Kier alpha value is -3.12. The minimum absolute atomic E-state index is 0.157. The molecule has 1 heterocycles. The van der Waals surface area contributed by atoms with Crippen LogP contribution in [0.2, 0.25) is 0 Å². The van der Waals surface area contributed by atoms with Crippen LogP contribution < -0.4 is 10.6 Å². The number of alkyl halides is 3. The summed E-state index contributed by atoms with van der Waals surface area (Å²) in [5.74, 6) is 0.0972. The van der Waals surface area contributed by atoms with E-state index in [0.29, 0.717) is 23.6 Å². The molecule has 0 atom stereocenters. The van der Waals surface area contributed by atoms with Crippen LogP contribution in [0.1, 0.15) is 35.1 Å². The summed E-state index contributed by atoms with van der Waals surface area (Å²) < 4.78 is 52.8. The smallest absolute Gasteiger partial charge is 0.354 e. The fourth-order valence-electron chi connectivity index (χ4n) is 3.67. The summed E-state index contributed by atoms with van der Waals surface area (Å²) in [6.45, 7) is 2.19. The van der Waals surface area contributed by atoms with Crippen LogP contribution in [-0.2, 0) is 19.3 Å². The monoisotopic (exact) mass is 447 g/mol. The van der Waals surface area contributed by atoms with E-state index in [1.54, 1.807) is 25.2 Å². The molecule has 1 saturated heterocycles. The van der Waals surface area contributed by atoms with E-state index < -0.39 is 17.6 Å². The average molecular weight is 447 g/mol. The van der Waals surface area contributed by atoms with Crippen LogP contribution in [0, 0.1) is 17.1 Å². The van der Waals surface area contributed by atoms with Crippen molar-refractivity contribution < 1.29 is 17.6 Å². The van der Waals surface area contributed by atoms with E-state index in [9.17, 15) is 17.6 Å². The highest BCUT2D eigenvalue weighted by atomic mass is 19.4. The van der Waals surface area contributed by atoms with Crippen LogP contribution in [0.5, 0.6) is 0 Å². The van der Waals surface area contributed by atoms with E-state index in [4.69, 9.17) is 5.26 Å². The fraction of sp³-hybridized carbons (Fsp3) is 0.391. The number of guanidine groups is 1. The van der Waals surface area contributed by atoms with Gasteiger partial charge in [-0.05, 0) is 36.6 Å². The largest absolute Gasteiger partial charge is 0.416 e. The highest BCUT2D eigenvalue weighted by Crippen LogP contribution is 2.30. The fourth-order valence-corrected chi connectivity index (χ4v) is 3.67. The van der Waals surface area contributed by atoms with Crippen molar-refractivity contribution in [3.05, 3.63) is 70.5 Å². The molecule has 3 rings (SSSR count). The topological polar surface area (TPSA) is 63.5 Å². The quantitative estimate of drug-likeness (QED) is 0.413. The van der Waals surface area contributed by atoms with Gasteiger partial charge in [0.05, 0.1) is 17.2 Å². The molecule has 0 amide bonds. The predicted octanol–water partition coefficient (Wildman–Crippen LogP) is 4.05. The first-order chi connectivity index (χ1) is 15.3. The Morgan fingerprint density at radius 2 is 1.94 bits per heavy atom. The molecular formula is C23H25F4N5. The number of nitriles is 1. The molecule has 9 heteroatoms. The van der Waals surface area contributed by atoms with E-state index in [1.165, 1.54) is 18.2 Å². The molecule has 0 aliphatic carbocycles. The van der Waals surface area contributed by atoms with Gasteiger partial charge in [-0.25, -0.2) is 4.39 Å². The first-order valence-corrected chi connectivity index (χ1v) is 10.3. The van der Waals surface area contributed by atoms with Crippen LogP contribution >= 0.6 is 0 Å². The predicted molar refractivity (Wildman–Crippen MR) is 114 cm³/mol. The van der Waals surface area contributed by atoms with Crippen LogP contribution in [0.15, 0.2) is 47.5 Å². The van der Waals surface area contributed by atoms with Gasteiger partial charge < -0.3 is 10.6 Å². The van der Waals surface area contributed by atoms with Gasteiger partial charge in [-0.15, -0.1) is 0 Å². The third-order valence-corrected chi connectivity index (χ3v) is 5.44. The van der Waals surface area contributed by atoms with E-state index in [-0.39, 0.29) is 18.2 Å². The molecule has 5 nitrogen and oxygen atoms in total. The van der Waals surface area contributed by atoms with E-state index in [2.05, 4.69) is 20.5 Å². The molecule has 0 aromatic heterocycles. The molecule has 2 N–H and O–H groups in total. The second kappa shape index (κ2) is 10.5. The molecular weight excluding hydrogens is 422 g/mol. The van der Waals surface area contributed by atoms with Crippen molar-refractivity contribution >= 4 is 5.96 Å². The van der Waals surface area contributed by atoms with Crippen LogP contribution in [0.25, 0.3) is 0 Å². The Morgan fingerprint density at radius 3 is 2.56 bits per heavy atom. The van der Waals surface area contributed by atoms with Crippen molar-refractivity contribution in [3.63, 3.8) is 0 Å². The van der Waals surface area contributed by atoms with Gasteiger partial charge >= 0.3 is 6.18 Å². The van der Waals surface area contributed by atoms with Crippen molar-refractivity contribution in [2.45, 2.75) is 38.1 Å². The number of nitrogens with zero attached hydrogens (tertiary/aromatic N) is 3. The van der Waals surface area contributed by atoms with Crippen molar-refractivity contribution in [3.8, 4) is 6.07 Å². The maximum Gasteiger partial charge on any atom is 0.416 e. The second-order valence-corrected chi connectivity index (χ2v) is 7.74. The zero-order valence-electron chi connectivity index (χ0n) is 17.7. The van der Waals surface area contributed by atoms with E-state index >= 15 is 0 Å². The minimum Gasteiger partial charge on any atom is -0.354 e. The zero-order chi connectivity index (χ0) is 23.1. The molecule has 2 aromatic rings. The van der Waals surface area contributed by atoms with Crippen LogP contribution in [0.3, 0.4) is 0 Å². The lowest BCUT2D eigenvalue weighted by Crippen LogP contribution is -2.48. The highest BCUT2D eigenvalue weighted by molar-refractivity contribution is 5.80. The number of aliphatic imine (C=N–C) groups is 1. The summed E-state index contributed by atoms with van der Waals surface area (Å²) in [5.41, 5.74) is 0.724. The molecule has 1 fully saturated rings. The maximum absolute atomic E-state index is 14.0. The molecule has 2 aromatic carbocycles. The SMILES string of the molecule is CN=C(NCc1ccc(C#N)cc1F)NC1CCN(Cc2cccc(C(F)(F)F)c2)CC1. The van der Waals surface area contributed by atoms with Crippen molar-refractivity contribution in [1.82, 2.24) is 15.5 Å². The first kappa shape index (κ1) is 23.5. The standard InChI is InChI=1S/C23H25F4N5/c1-29-22(30-14-18-6-5-16(13-28)12-21(18)24)31-20-7-9-32(10-8-20)15-17-3-2-4-19(11-17)23(25,26)27/h2-6,11-12,20H,7-10,14-15H2,1H3,(H2,29,30,31). The van der Waals surface area contributed by atoms with Crippen LogP contribution in [0.4, 0.5) is 17.6 Å². The number of likely N-dealkylation sites (tertiary alicyclic amines) is 1. The summed E-state index contributed by atoms with van der Waals surface area (Å²) in [5, 5.41) is 15.2. The molecule has 1 aliphatic rings. The molecule has 32 heavy (non-hydrogen) atoms. The summed E-state index contributed by atoms with van der Waals surface area (Å²) in [4.78, 5) is 6.31. The molecule has 0 saturated carbocycles. The Morgan fingerprint density at radius 1 is 1.19 bits per heavy atom. The molecule has 0 radical (unpaired) electrons. The number of rotatable bonds is 5. The Kier molecular flexibility index (Phi) is 7.70. The number of halogens is 4. The van der Waals surface area contributed by atoms with Gasteiger partial charge in [0, 0.05) is 44.8 Å². The number of piperidine rings is 1. The normalized spacial score (nSPS) is 15.9. The lowest BCUT2D eigenvalue weighted by molar-refractivity contribution is -0.137. The lowest BCUT2D eigenvalue weighted by atomic mass is 10.0. The summed E-state index contributed by atoms with van der Waals surface area (Å²) in [6, 6.07) is 11.8. The van der Waals surface area contributed by atoms with E-state index in [1.807, 2.05) is 6.07 Å². The van der Waals surface area contributed by atoms with Gasteiger partial charge in [-0.1, -0.05) is 24.3 Å². The van der Waals surface area contributed by atoms with Crippen LogP contribution in [-0.4, -0.2) is 37.0 Å². The molecule has 1 aliphatic heterocycles. The Labute approximate surface area is 184 Å². The third-order valence-electron chi connectivity index (χ3n) is 5.44. The molecule has 0 bridgehead atoms. The summed E-state index contributed by atoms with van der Waals surface area (Å²) in [7, 11) is 1.63. The van der Waals surface area contributed by atoms with Gasteiger partial charge in [0.15, 0.2) is 5.96 Å². The highest BCUT2D eigenvalue weighted by Gasteiger charge is 2.30. The van der Waals surface area contributed by atoms with Gasteiger partial charge in [-0.3, -0.25) is 9.89 Å². The second-order valence-electron chi connectivity index (χ2n) is 7.74. The van der Waals surface area contributed by atoms with Gasteiger partial charge in [0.2, 0.25) is 0 Å². The van der Waals surface area contributed by atoms with Crippen molar-refractivity contribution in [2.75, 3.05) is 20.1 Å². The zero-order valence-corrected chi connectivity index (χ0v) is 17.7. The summed E-state index contributed by atoms with van der Waals surface area (Å²) in [6.07, 6.45) is -2.72. The number of hydrogen-bond donors (Lipinski definition) is 2. The molecule has 0 spiro atoms. The lowest BCUT2D eigenvalue weighted by Gasteiger charge is -2.33. The Balaban J connectivity index is 1.47. The minimum atomic E-state index is -4.34. The number of hydrogen-bond acceptors (Lipinski definition) is 3. The number of benzene rings is 2. The summed E-state index contributed by atoms with van der Waals surface area (Å²) >= 11 is 0. The van der Waals surface area contributed by atoms with E-state index in [0.717, 1.165) is 32.0 Å². The van der Waals surface area contributed by atoms with Crippen molar-refractivity contribution in [2.24, 2.45) is 4.99 Å².